The number of hydrogen-bond acceptors (Lipinski definition) is 6. The molecule has 0 saturated carbocycles. The number of fused-ring (bicyclic) bond motifs is 3. The summed E-state index contributed by atoms with van der Waals surface area (Å²) >= 11 is 6.06. The zero-order valence-corrected chi connectivity index (χ0v) is 19.1. The van der Waals surface area contributed by atoms with Gasteiger partial charge in [-0.1, -0.05) is 28.9 Å². The summed E-state index contributed by atoms with van der Waals surface area (Å²) in [6.45, 7) is 6.33. The van der Waals surface area contributed by atoms with Crippen molar-refractivity contribution in [1.29, 1.82) is 0 Å². The molecule has 3 aromatic rings. The van der Waals surface area contributed by atoms with Crippen LogP contribution in [0.1, 0.15) is 41.6 Å². The third kappa shape index (κ3) is 3.19. The van der Waals surface area contributed by atoms with Crippen LogP contribution in [-0.2, 0) is 4.74 Å². The van der Waals surface area contributed by atoms with Crippen molar-refractivity contribution in [2.45, 2.75) is 39.0 Å². The fourth-order valence-corrected chi connectivity index (χ4v) is 4.91. The lowest BCUT2D eigenvalue weighted by Gasteiger charge is -2.35. The molecule has 2 aromatic carbocycles. The Balaban J connectivity index is 1.60. The average Bonchev–Trinajstić information content (AvgIpc) is 3.30. The van der Waals surface area contributed by atoms with E-state index in [9.17, 15) is 4.79 Å². The van der Waals surface area contributed by atoms with Crippen molar-refractivity contribution in [1.82, 2.24) is 10.1 Å². The van der Waals surface area contributed by atoms with Gasteiger partial charge in [0.1, 0.15) is 23.7 Å². The standard InChI is InChI=1S/C24H24ClN3O4/c1-12-22(14(3)32-27-12)18-9-19-17(10-20(18)30-4)23-21(11-26-19)31-24(29)28(23)13(2)15-5-7-16(25)8-6-15/h5-10,13,21,23,26H,11H2,1-4H3/t13-,21?,23?/m1/s1. The van der Waals surface area contributed by atoms with E-state index in [1.165, 1.54) is 0 Å². The molecular weight excluding hydrogens is 430 g/mol. The molecule has 3 heterocycles. The molecule has 32 heavy (non-hydrogen) atoms. The predicted molar refractivity (Wildman–Crippen MR) is 121 cm³/mol. The van der Waals surface area contributed by atoms with Crippen molar-refractivity contribution >= 4 is 23.4 Å². The molecule has 1 saturated heterocycles. The minimum atomic E-state index is -0.328. The van der Waals surface area contributed by atoms with Gasteiger partial charge in [-0.15, -0.1) is 0 Å². The molecule has 8 heteroatoms. The maximum atomic E-state index is 12.9. The van der Waals surface area contributed by atoms with Crippen LogP contribution in [0.25, 0.3) is 11.1 Å². The van der Waals surface area contributed by atoms with Crippen molar-refractivity contribution in [3.63, 3.8) is 0 Å². The molecule has 2 aliphatic heterocycles. The topological polar surface area (TPSA) is 76.8 Å². The summed E-state index contributed by atoms with van der Waals surface area (Å²) in [5, 5.41) is 8.17. The molecule has 0 bridgehead atoms. The number of nitrogens with zero attached hydrogens (tertiary/aromatic N) is 2. The van der Waals surface area contributed by atoms with Gasteiger partial charge in [-0.3, -0.25) is 4.90 Å². The van der Waals surface area contributed by atoms with Gasteiger partial charge >= 0.3 is 6.09 Å². The molecule has 166 valence electrons. The molecule has 0 spiro atoms. The highest BCUT2D eigenvalue weighted by atomic mass is 35.5. The van der Waals surface area contributed by atoms with Crippen LogP contribution in [0.2, 0.25) is 5.02 Å². The number of carbonyl (C=O) groups excluding carboxylic acids is 1. The van der Waals surface area contributed by atoms with E-state index in [0.29, 0.717) is 17.3 Å². The number of hydrogen-bond donors (Lipinski definition) is 1. The predicted octanol–water partition coefficient (Wildman–Crippen LogP) is 5.67. The molecule has 2 unspecified atom stereocenters. The van der Waals surface area contributed by atoms with Crippen molar-refractivity contribution in [3.8, 4) is 16.9 Å². The normalized spacial score (nSPS) is 20.3. The molecule has 1 aromatic heterocycles. The third-order valence-corrected chi connectivity index (χ3v) is 6.62. The number of ether oxygens (including phenoxy) is 2. The average molecular weight is 454 g/mol. The highest BCUT2D eigenvalue weighted by molar-refractivity contribution is 6.30. The van der Waals surface area contributed by atoms with Gasteiger partial charge < -0.3 is 19.3 Å². The van der Waals surface area contributed by atoms with Gasteiger partial charge in [0, 0.05) is 21.8 Å². The highest BCUT2D eigenvalue weighted by Gasteiger charge is 2.48. The van der Waals surface area contributed by atoms with Crippen molar-refractivity contribution in [2.24, 2.45) is 0 Å². The summed E-state index contributed by atoms with van der Waals surface area (Å²) < 4.78 is 16.9. The number of aryl methyl sites for hydroxylation is 2. The Hall–Kier alpha value is -3.19. The Morgan fingerprint density at radius 1 is 1.25 bits per heavy atom. The number of anilines is 1. The number of carbonyl (C=O) groups is 1. The lowest BCUT2D eigenvalue weighted by atomic mass is 9.90. The van der Waals surface area contributed by atoms with Gasteiger partial charge in [-0.25, -0.2) is 4.79 Å². The molecule has 3 atom stereocenters. The summed E-state index contributed by atoms with van der Waals surface area (Å²) in [6.07, 6.45) is -0.620. The first-order valence-electron chi connectivity index (χ1n) is 10.5. The summed E-state index contributed by atoms with van der Waals surface area (Å²) in [7, 11) is 1.64. The Morgan fingerprint density at radius 2 is 2.00 bits per heavy atom. The van der Waals surface area contributed by atoms with E-state index >= 15 is 0 Å². The fourth-order valence-electron chi connectivity index (χ4n) is 4.79. The number of amides is 1. The minimum absolute atomic E-state index is 0.186. The van der Waals surface area contributed by atoms with Crippen LogP contribution in [-0.4, -0.2) is 35.9 Å². The molecule has 2 aliphatic rings. The van der Waals surface area contributed by atoms with Crippen LogP contribution in [0.4, 0.5) is 10.5 Å². The molecule has 1 amide bonds. The smallest absolute Gasteiger partial charge is 0.411 e. The molecule has 0 aliphatic carbocycles. The summed E-state index contributed by atoms with van der Waals surface area (Å²) in [5.41, 5.74) is 5.50. The largest absolute Gasteiger partial charge is 0.496 e. The second-order valence-electron chi connectivity index (χ2n) is 8.22. The molecule has 5 rings (SSSR count). The lowest BCUT2D eigenvalue weighted by molar-refractivity contribution is 0.131. The number of aromatic nitrogens is 1. The van der Waals surface area contributed by atoms with Crippen LogP contribution in [0.5, 0.6) is 5.75 Å². The van der Waals surface area contributed by atoms with E-state index in [1.54, 1.807) is 7.11 Å². The summed E-state index contributed by atoms with van der Waals surface area (Å²) in [6, 6.07) is 11.2. The van der Waals surface area contributed by atoms with Gasteiger partial charge in [-0.05, 0) is 50.6 Å². The molecule has 1 fully saturated rings. The number of rotatable bonds is 4. The fraction of sp³-hybridized carbons (Fsp3) is 0.333. The second-order valence-corrected chi connectivity index (χ2v) is 8.66. The SMILES string of the molecule is COc1cc2c(cc1-c1c(C)noc1C)NCC1OC(=O)N([C@H](C)c3ccc(Cl)cc3)C21. The molecule has 0 radical (unpaired) electrons. The quantitative estimate of drug-likeness (QED) is 0.548. The van der Waals surface area contributed by atoms with Crippen LogP contribution in [0.3, 0.4) is 0 Å². The Morgan fingerprint density at radius 3 is 2.66 bits per heavy atom. The third-order valence-electron chi connectivity index (χ3n) is 6.37. The summed E-state index contributed by atoms with van der Waals surface area (Å²) in [5.74, 6) is 1.42. The molecule has 1 N–H and O–H groups in total. The Kier molecular flexibility index (Phi) is 5.01. The monoisotopic (exact) mass is 453 g/mol. The van der Waals surface area contributed by atoms with E-state index in [1.807, 2.05) is 62.1 Å². The van der Waals surface area contributed by atoms with E-state index in [-0.39, 0.29) is 24.3 Å². The first kappa shape index (κ1) is 20.7. The second kappa shape index (κ2) is 7.74. The van der Waals surface area contributed by atoms with E-state index in [4.69, 9.17) is 25.6 Å². The maximum absolute atomic E-state index is 12.9. The van der Waals surface area contributed by atoms with Crippen molar-refractivity contribution in [3.05, 3.63) is 64.0 Å². The van der Waals surface area contributed by atoms with Gasteiger partial charge in [0.25, 0.3) is 0 Å². The van der Waals surface area contributed by atoms with Crippen molar-refractivity contribution in [2.75, 3.05) is 19.0 Å². The first-order chi connectivity index (χ1) is 15.4. The highest BCUT2D eigenvalue weighted by Crippen LogP contribution is 2.48. The number of benzene rings is 2. The van der Waals surface area contributed by atoms with Crippen LogP contribution < -0.4 is 10.1 Å². The number of nitrogens with one attached hydrogen (secondary N) is 1. The van der Waals surface area contributed by atoms with Gasteiger partial charge in [0.05, 0.1) is 31.0 Å². The lowest BCUT2D eigenvalue weighted by Crippen LogP contribution is -2.37. The summed E-state index contributed by atoms with van der Waals surface area (Å²) in [4.78, 5) is 14.7. The van der Waals surface area contributed by atoms with Crippen LogP contribution in [0.15, 0.2) is 40.9 Å². The minimum Gasteiger partial charge on any atom is -0.496 e. The van der Waals surface area contributed by atoms with Crippen molar-refractivity contribution < 1.29 is 18.8 Å². The van der Waals surface area contributed by atoms with Crippen LogP contribution >= 0.6 is 11.6 Å². The number of halogens is 1. The zero-order chi connectivity index (χ0) is 22.6. The molecular formula is C24H24ClN3O4. The first-order valence-corrected chi connectivity index (χ1v) is 10.9. The van der Waals surface area contributed by atoms with E-state index in [2.05, 4.69) is 10.5 Å². The zero-order valence-electron chi connectivity index (χ0n) is 18.3. The van der Waals surface area contributed by atoms with E-state index in [0.717, 1.165) is 39.4 Å². The van der Waals surface area contributed by atoms with Crippen LogP contribution in [0, 0.1) is 13.8 Å². The van der Waals surface area contributed by atoms with Gasteiger partial charge in [0.2, 0.25) is 0 Å². The number of methoxy groups -OCH3 is 1. The maximum Gasteiger partial charge on any atom is 0.411 e. The Labute approximate surface area is 191 Å². The van der Waals surface area contributed by atoms with Gasteiger partial charge in [-0.2, -0.15) is 0 Å². The van der Waals surface area contributed by atoms with E-state index < -0.39 is 0 Å². The van der Waals surface area contributed by atoms with Gasteiger partial charge in [0.15, 0.2) is 0 Å². The molecule has 7 nitrogen and oxygen atoms in total. The Bertz CT molecular complexity index is 1170.